The van der Waals surface area contributed by atoms with Crippen molar-refractivity contribution in [3.05, 3.63) is 40.0 Å². The normalized spacial score (nSPS) is 14.9. The molecule has 0 saturated heterocycles. The third-order valence-electron chi connectivity index (χ3n) is 2.82. The Morgan fingerprint density at radius 1 is 1.14 bits per heavy atom. The van der Waals surface area contributed by atoms with Gasteiger partial charge >= 0.3 is 12.3 Å². The van der Waals surface area contributed by atoms with Gasteiger partial charge in [-0.25, -0.2) is 9.78 Å². The average molecular weight is 348 g/mol. The van der Waals surface area contributed by atoms with Crippen molar-refractivity contribution in [3.8, 4) is 22.8 Å². The number of halogens is 4. The van der Waals surface area contributed by atoms with Gasteiger partial charge in [0.15, 0.2) is 17.2 Å². The Labute approximate surface area is 132 Å². The Morgan fingerprint density at radius 3 is 2.41 bits per heavy atom. The molecule has 0 aliphatic carbocycles. The molecule has 0 spiro atoms. The molecular weight excluding hydrogens is 343 g/mol. The number of aromatic nitrogens is 1. The van der Waals surface area contributed by atoms with Crippen molar-refractivity contribution >= 4 is 29.2 Å². The Bertz CT molecular complexity index is 798. The van der Waals surface area contributed by atoms with Gasteiger partial charge in [0.25, 0.3) is 0 Å². The molecule has 3 rings (SSSR count). The first kappa shape index (κ1) is 14.8. The highest BCUT2D eigenvalue weighted by atomic mass is 35.5. The molecule has 0 fully saturated rings. The molecule has 114 valence electrons. The fraction of sp³-hybridized carbons (Fsp3) is 0.0769. The monoisotopic (exact) mass is 347 g/mol. The number of alkyl halides is 2. The smallest absolute Gasteiger partial charge is 0.476 e. The van der Waals surface area contributed by atoms with Gasteiger partial charge in [-0.15, -0.1) is 8.78 Å². The highest BCUT2D eigenvalue weighted by molar-refractivity contribution is 6.34. The van der Waals surface area contributed by atoms with Gasteiger partial charge < -0.3 is 14.6 Å². The molecule has 5 nitrogen and oxygen atoms in total. The van der Waals surface area contributed by atoms with Crippen molar-refractivity contribution in [2.75, 3.05) is 0 Å². The van der Waals surface area contributed by atoms with Gasteiger partial charge in [-0.1, -0.05) is 23.2 Å². The molecule has 1 aromatic heterocycles. The highest BCUT2D eigenvalue weighted by Gasteiger charge is 2.43. The Morgan fingerprint density at radius 2 is 1.77 bits per heavy atom. The number of carboxylic acids is 1. The average Bonchev–Trinajstić information content (AvgIpc) is 2.71. The van der Waals surface area contributed by atoms with E-state index < -0.39 is 12.3 Å². The second-order valence-electron chi connectivity index (χ2n) is 4.28. The Kier molecular flexibility index (Phi) is 3.34. The topological polar surface area (TPSA) is 68.7 Å². The summed E-state index contributed by atoms with van der Waals surface area (Å²) in [6, 6.07) is 5.07. The molecule has 22 heavy (non-hydrogen) atoms. The number of pyridine rings is 1. The van der Waals surface area contributed by atoms with E-state index in [1.165, 1.54) is 18.2 Å². The van der Waals surface area contributed by atoms with Crippen molar-refractivity contribution in [1.29, 1.82) is 0 Å². The molecule has 0 unspecified atom stereocenters. The van der Waals surface area contributed by atoms with E-state index in [0.717, 1.165) is 6.07 Å². The van der Waals surface area contributed by atoms with E-state index in [2.05, 4.69) is 14.5 Å². The molecule has 0 atom stereocenters. The molecule has 2 aromatic rings. The highest BCUT2D eigenvalue weighted by Crippen LogP contribution is 2.45. The van der Waals surface area contributed by atoms with Crippen molar-refractivity contribution in [3.63, 3.8) is 0 Å². The van der Waals surface area contributed by atoms with Gasteiger partial charge in [0.1, 0.15) is 0 Å². The molecule has 1 aliphatic heterocycles. The lowest BCUT2D eigenvalue weighted by Gasteiger charge is -2.07. The van der Waals surface area contributed by atoms with Gasteiger partial charge in [-0.05, 0) is 18.2 Å². The first-order valence-electron chi connectivity index (χ1n) is 5.76. The predicted molar refractivity (Wildman–Crippen MR) is 72.9 cm³/mol. The lowest BCUT2D eigenvalue weighted by molar-refractivity contribution is -0.286. The summed E-state index contributed by atoms with van der Waals surface area (Å²) in [5.74, 6) is -1.76. The maximum atomic E-state index is 13.0. The summed E-state index contributed by atoms with van der Waals surface area (Å²) in [6.45, 7) is 0. The zero-order chi connectivity index (χ0) is 16.1. The third-order valence-corrected chi connectivity index (χ3v) is 3.43. The molecular formula is C13H5Cl2F2NO4. The fourth-order valence-corrected chi connectivity index (χ4v) is 2.35. The second-order valence-corrected chi connectivity index (χ2v) is 5.09. The number of benzene rings is 1. The van der Waals surface area contributed by atoms with Crippen LogP contribution in [0.25, 0.3) is 11.3 Å². The van der Waals surface area contributed by atoms with Gasteiger partial charge in [-0.3, -0.25) is 0 Å². The van der Waals surface area contributed by atoms with Gasteiger partial charge in [-0.2, -0.15) is 0 Å². The summed E-state index contributed by atoms with van der Waals surface area (Å²) in [5.41, 5.74) is -0.0208. The number of ether oxygens (including phenoxy) is 2. The maximum absolute atomic E-state index is 13.0. The van der Waals surface area contributed by atoms with E-state index in [-0.39, 0.29) is 38.5 Å². The summed E-state index contributed by atoms with van der Waals surface area (Å²) in [5, 5.41) is 9.00. The Hall–Kier alpha value is -2.12. The predicted octanol–water partition coefficient (Wildman–Crippen LogP) is 4.08. The number of hydrogen-bond donors (Lipinski definition) is 1. The van der Waals surface area contributed by atoms with Crippen LogP contribution in [-0.2, 0) is 0 Å². The molecule has 9 heteroatoms. The second kappa shape index (κ2) is 4.96. The van der Waals surface area contributed by atoms with E-state index in [1.54, 1.807) is 0 Å². The van der Waals surface area contributed by atoms with Crippen LogP contribution in [0, 0.1) is 0 Å². The molecule has 0 bridgehead atoms. The summed E-state index contributed by atoms with van der Waals surface area (Å²) in [6.07, 6.45) is -3.77. The number of aromatic carboxylic acids is 1. The molecule has 1 N–H and O–H groups in total. The fourth-order valence-electron chi connectivity index (χ4n) is 1.91. The lowest BCUT2D eigenvalue weighted by Crippen LogP contribution is -2.25. The van der Waals surface area contributed by atoms with Crippen LogP contribution >= 0.6 is 23.2 Å². The number of nitrogens with zero attached hydrogens (tertiary/aromatic N) is 1. The summed E-state index contributed by atoms with van der Waals surface area (Å²) >= 11 is 11.7. The third kappa shape index (κ3) is 2.53. The minimum atomic E-state index is -3.77. The van der Waals surface area contributed by atoms with Gasteiger partial charge in [0, 0.05) is 11.6 Å². The Balaban J connectivity index is 2.11. The van der Waals surface area contributed by atoms with Crippen LogP contribution in [0.15, 0.2) is 24.3 Å². The molecule has 0 radical (unpaired) electrons. The number of carbonyl (C=O) groups is 1. The molecule has 0 amide bonds. The van der Waals surface area contributed by atoms with Crippen molar-refractivity contribution in [1.82, 2.24) is 4.98 Å². The number of carboxylic acid groups (broad SMARTS) is 1. The maximum Gasteiger partial charge on any atom is 0.586 e. The van der Waals surface area contributed by atoms with Crippen molar-refractivity contribution < 1.29 is 28.2 Å². The quantitative estimate of drug-likeness (QED) is 0.886. The van der Waals surface area contributed by atoms with Crippen LogP contribution in [0.5, 0.6) is 11.5 Å². The van der Waals surface area contributed by atoms with Crippen LogP contribution in [-0.4, -0.2) is 22.4 Å². The van der Waals surface area contributed by atoms with Crippen molar-refractivity contribution in [2.45, 2.75) is 6.29 Å². The first-order valence-corrected chi connectivity index (χ1v) is 6.52. The minimum absolute atomic E-state index is 0.0474. The van der Waals surface area contributed by atoms with Crippen LogP contribution < -0.4 is 9.47 Å². The SMILES string of the molecule is O=C(O)c1nc(-c2cc3c(cc2Cl)OC(F)(F)O3)ccc1Cl. The van der Waals surface area contributed by atoms with E-state index in [1.807, 2.05) is 0 Å². The van der Waals surface area contributed by atoms with E-state index >= 15 is 0 Å². The molecule has 0 saturated carbocycles. The van der Waals surface area contributed by atoms with Crippen molar-refractivity contribution in [2.24, 2.45) is 0 Å². The minimum Gasteiger partial charge on any atom is -0.476 e. The standard InChI is InChI=1S/C13H5Cl2F2NO4/c14-6-1-2-8(18-11(6)12(19)20)5-3-9-10(4-7(5)15)22-13(16,17)21-9/h1-4H,(H,19,20). The summed E-state index contributed by atoms with van der Waals surface area (Å²) in [7, 11) is 0. The molecule has 2 heterocycles. The van der Waals surface area contributed by atoms with Crippen LogP contribution in [0.4, 0.5) is 8.78 Å². The summed E-state index contributed by atoms with van der Waals surface area (Å²) in [4.78, 5) is 14.9. The largest absolute Gasteiger partial charge is 0.586 e. The number of fused-ring (bicyclic) bond motifs is 1. The van der Waals surface area contributed by atoms with Gasteiger partial charge in [0.05, 0.1) is 15.7 Å². The van der Waals surface area contributed by atoms with E-state index in [9.17, 15) is 13.6 Å². The van der Waals surface area contributed by atoms with Crippen LogP contribution in [0.2, 0.25) is 10.0 Å². The van der Waals surface area contributed by atoms with Crippen LogP contribution in [0.1, 0.15) is 10.5 Å². The van der Waals surface area contributed by atoms with Crippen LogP contribution in [0.3, 0.4) is 0 Å². The number of hydrogen-bond acceptors (Lipinski definition) is 4. The summed E-state index contributed by atoms with van der Waals surface area (Å²) < 4.78 is 34.7. The van der Waals surface area contributed by atoms with E-state index in [4.69, 9.17) is 28.3 Å². The number of rotatable bonds is 2. The zero-order valence-corrected chi connectivity index (χ0v) is 12.0. The van der Waals surface area contributed by atoms with Gasteiger partial charge in [0.2, 0.25) is 0 Å². The molecule has 1 aliphatic rings. The molecule has 1 aromatic carbocycles. The first-order chi connectivity index (χ1) is 10.3. The van der Waals surface area contributed by atoms with E-state index in [0.29, 0.717) is 0 Å². The zero-order valence-electron chi connectivity index (χ0n) is 10.4. The lowest BCUT2D eigenvalue weighted by atomic mass is 10.1.